The molecule has 0 bridgehead atoms. The minimum Gasteiger partial charge on any atom is -0.490 e. The fourth-order valence-electron chi connectivity index (χ4n) is 2.73. The molecule has 2 aromatic carbocycles. The molecule has 0 saturated heterocycles. The lowest BCUT2D eigenvalue weighted by Crippen LogP contribution is -2.28. The van der Waals surface area contributed by atoms with Gasteiger partial charge in [0.05, 0.1) is 12.2 Å². The second-order valence-corrected chi connectivity index (χ2v) is 5.73. The molecule has 0 aromatic heterocycles. The summed E-state index contributed by atoms with van der Waals surface area (Å²) in [4.78, 5) is 12.4. The molecular weight excluding hydrogens is 356 g/mol. The number of nitrogens with one attached hydrogen (secondary N) is 1. The lowest BCUT2D eigenvalue weighted by Gasteiger charge is -2.20. The summed E-state index contributed by atoms with van der Waals surface area (Å²) in [5.74, 6) is 0.929. The molecule has 0 unspecified atom stereocenters. The van der Waals surface area contributed by atoms with Crippen molar-refractivity contribution in [2.45, 2.75) is 20.1 Å². The zero-order chi connectivity index (χ0) is 19.2. The quantitative estimate of drug-likeness (QED) is 0.800. The largest absolute Gasteiger partial charge is 0.490 e. The van der Waals surface area contributed by atoms with E-state index in [4.69, 9.17) is 9.47 Å². The summed E-state index contributed by atoms with van der Waals surface area (Å²) < 4.78 is 40.6. The zero-order valence-electron chi connectivity index (χ0n) is 14.7. The Balaban J connectivity index is 1.70. The first-order chi connectivity index (χ1) is 13.1. The summed E-state index contributed by atoms with van der Waals surface area (Å²) >= 11 is 0. The number of alkyl halides is 2. The third-order valence-corrected chi connectivity index (χ3v) is 3.93. The zero-order valence-corrected chi connectivity index (χ0v) is 14.7. The summed E-state index contributed by atoms with van der Waals surface area (Å²) in [6.45, 7) is -0.376. The van der Waals surface area contributed by atoms with Crippen LogP contribution in [0.2, 0.25) is 0 Å². The van der Waals surface area contributed by atoms with Gasteiger partial charge in [0, 0.05) is 17.7 Å². The van der Waals surface area contributed by atoms with E-state index in [1.807, 2.05) is 19.1 Å². The van der Waals surface area contributed by atoms with Crippen molar-refractivity contribution in [3.63, 3.8) is 0 Å². The molecule has 0 aliphatic carbocycles. The number of carbonyl (C=O) groups is 1. The average Bonchev–Trinajstić information content (AvgIpc) is 2.66. The van der Waals surface area contributed by atoms with Gasteiger partial charge in [-0.2, -0.15) is 8.78 Å². The van der Waals surface area contributed by atoms with Gasteiger partial charge in [0.1, 0.15) is 12.4 Å². The minimum atomic E-state index is -2.92. The van der Waals surface area contributed by atoms with Crippen LogP contribution in [-0.4, -0.2) is 25.7 Å². The van der Waals surface area contributed by atoms with Crippen molar-refractivity contribution in [1.29, 1.82) is 0 Å². The molecule has 0 atom stereocenters. The van der Waals surface area contributed by atoms with Crippen molar-refractivity contribution in [2.24, 2.45) is 0 Å². The second-order valence-electron chi connectivity index (χ2n) is 5.73. The summed E-state index contributed by atoms with van der Waals surface area (Å²) in [5.41, 5.74) is 1.64. The maximum absolute atomic E-state index is 12.5. The van der Waals surface area contributed by atoms with E-state index in [9.17, 15) is 13.6 Å². The number of para-hydroxylation sites is 2. The van der Waals surface area contributed by atoms with Gasteiger partial charge in [0.25, 0.3) is 5.91 Å². The Morgan fingerprint density at radius 1 is 1.19 bits per heavy atom. The number of hydrogen-bond donors (Lipinski definition) is 1. The summed E-state index contributed by atoms with van der Waals surface area (Å²) in [7, 11) is 0. The fourth-order valence-corrected chi connectivity index (χ4v) is 2.73. The molecular formula is C20H19F2NO4. The van der Waals surface area contributed by atoms with E-state index in [-0.39, 0.29) is 24.8 Å². The molecule has 1 amide bonds. The molecule has 0 saturated carbocycles. The third kappa shape index (κ3) is 4.55. The van der Waals surface area contributed by atoms with Gasteiger partial charge in [-0.05, 0) is 25.1 Å². The van der Waals surface area contributed by atoms with Crippen LogP contribution in [0.4, 0.5) is 8.78 Å². The summed E-state index contributed by atoms with van der Waals surface area (Å²) in [5, 5.41) is 2.71. The first kappa shape index (κ1) is 18.7. The molecule has 1 aliphatic rings. The van der Waals surface area contributed by atoms with Gasteiger partial charge in [0.2, 0.25) is 0 Å². The molecule has 0 radical (unpaired) electrons. The van der Waals surface area contributed by atoms with Gasteiger partial charge in [-0.25, -0.2) is 0 Å². The van der Waals surface area contributed by atoms with E-state index >= 15 is 0 Å². The Morgan fingerprint density at radius 3 is 2.74 bits per heavy atom. The van der Waals surface area contributed by atoms with Gasteiger partial charge in [-0.15, -0.1) is 0 Å². The molecule has 7 heteroatoms. The molecule has 1 N–H and O–H groups in total. The standard InChI is InChI=1S/C20H19F2NO4/c1-2-25-17-9-5-7-13-10-15(12-26-18(13)17)19(24)23-11-14-6-3-4-8-16(14)27-20(21)22/h3-10,20H,2,11-12H2,1H3,(H,23,24). The first-order valence-corrected chi connectivity index (χ1v) is 8.48. The van der Waals surface area contributed by atoms with Gasteiger partial charge in [0.15, 0.2) is 11.5 Å². The van der Waals surface area contributed by atoms with Crippen molar-refractivity contribution in [3.05, 3.63) is 59.2 Å². The van der Waals surface area contributed by atoms with Crippen LogP contribution in [0.5, 0.6) is 17.2 Å². The number of benzene rings is 2. The molecule has 1 aliphatic heterocycles. The van der Waals surface area contributed by atoms with E-state index in [0.29, 0.717) is 29.2 Å². The van der Waals surface area contributed by atoms with Crippen LogP contribution in [-0.2, 0) is 11.3 Å². The van der Waals surface area contributed by atoms with Crippen LogP contribution in [0.1, 0.15) is 18.1 Å². The Bertz CT molecular complexity index is 852. The van der Waals surface area contributed by atoms with Crippen LogP contribution in [0.3, 0.4) is 0 Å². The number of amides is 1. The molecule has 3 rings (SSSR count). The first-order valence-electron chi connectivity index (χ1n) is 8.48. The van der Waals surface area contributed by atoms with Crippen molar-refractivity contribution in [3.8, 4) is 17.2 Å². The van der Waals surface area contributed by atoms with E-state index in [0.717, 1.165) is 5.56 Å². The number of carbonyl (C=O) groups excluding carboxylic acids is 1. The van der Waals surface area contributed by atoms with E-state index < -0.39 is 6.61 Å². The number of rotatable bonds is 7. The Hall–Kier alpha value is -3.09. The molecule has 5 nitrogen and oxygen atoms in total. The van der Waals surface area contributed by atoms with E-state index in [2.05, 4.69) is 10.1 Å². The van der Waals surface area contributed by atoms with Crippen LogP contribution in [0, 0.1) is 0 Å². The minimum absolute atomic E-state index is 0.0355. The summed E-state index contributed by atoms with van der Waals surface area (Å²) in [6.07, 6.45) is 1.73. The van der Waals surface area contributed by atoms with Crippen molar-refractivity contribution >= 4 is 12.0 Å². The number of fused-ring (bicyclic) bond motifs is 1. The molecule has 1 heterocycles. The molecule has 27 heavy (non-hydrogen) atoms. The average molecular weight is 375 g/mol. The monoisotopic (exact) mass is 375 g/mol. The maximum atomic E-state index is 12.5. The van der Waals surface area contributed by atoms with Crippen LogP contribution >= 0.6 is 0 Å². The lowest BCUT2D eigenvalue weighted by atomic mass is 10.1. The highest BCUT2D eigenvalue weighted by Gasteiger charge is 2.20. The predicted molar refractivity (Wildman–Crippen MR) is 96.0 cm³/mol. The summed E-state index contributed by atoms with van der Waals surface area (Å²) in [6, 6.07) is 11.8. The smallest absolute Gasteiger partial charge is 0.387 e. The Morgan fingerprint density at radius 2 is 1.96 bits per heavy atom. The van der Waals surface area contributed by atoms with E-state index in [1.54, 1.807) is 30.3 Å². The van der Waals surface area contributed by atoms with Gasteiger partial charge in [-0.1, -0.05) is 30.3 Å². The van der Waals surface area contributed by atoms with Gasteiger partial charge in [-0.3, -0.25) is 4.79 Å². The number of hydrogen-bond acceptors (Lipinski definition) is 4. The second kappa shape index (κ2) is 8.53. The van der Waals surface area contributed by atoms with Crippen LogP contribution < -0.4 is 19.5 Å². The van der Waals surface area contributed by atoms with E-state index in [1.165, 1.54) is 6.07 Å². The van der Waals surface area contributed by atoms with Crippen molar-refractivity contribution < 1.29 is 27.8 Å². The highest BCUT2D eigenvalue weighted by molar-refractivity contribution is 5.99. The molecule has 2 aromatic rings. The fraction of sp³-hybridized carbons (Fsp3) is 0.250. The van der Waals surface area contributed by atoms with Crippen molar-refractivity contribution in [2.75, 3.05) is 13.2 Å². The van der Waals surface area contributed by atoms with Gasteiger partial charge >= 0.3 is 6.61 Å². The van der Waals surface area contributed by atoms with Crippen LogP contribution in [0.15, 0.2) is 48.0 Å². The highest BCUT2D eigenvalue weighted by Crippen LogP contribution is 2.35. The van der Waals surface area contributed by atoms with Gasteiger partial charge < -0.3 is 19.5 Å². The van der Waals surface area contributed by atoms with Crippen molar-refractivity contribution in [1.82, 2.24) is 5.32 Å². The molecule has 142 valence electrons. The SMILES string of the molecule is CCOc1cccc2c1OCC(C(=O)NCc1ccccc1OC(F)F)=C2. The number of halogens is 2. The lowest BCUT2D eigenvalue weighted by molar-refractivity contribution is -0.117. The molecule has 0 spiro atoms. The maximum Gasteiger partial charge on any atom is 0.387 e. The number of ether oxygens (including phenoxy) is 3. The highest BCUT2D eigenvalue weighted by atomic mass is 19.3. The molecule has 0 fully saturated rings. The predicted octanol–water partition coefficient (Wildman–Crippen LogP) is 3.78. The third-order valence-electron chi connectivity index (χ3n) is 3.93. The Labute approximate surface area is 155 Å². The topological polar surface area (TPSA) is 56.8 Å². The normalized spacial score (nSPS) is 12.7. The Kier molecular flexibility index (Phi) is 5.90. The van der Waals surface area contributed by atoms with Crippen LogP contribution in [0.25, 0.3) is 6.08 Å².